The van der Waals surface area contributed by atoms with Crippen molar-refractivity contribution in [2.24, 2.45) is 5.41 Å². The van der Waals surface area contributed by atoms with E-state index in [-0.39, 0.29) is 11.9 Å². The van der Waals surface area contributed by atoms with Crippen molar-refractivity contribution in [2.75, 3.05) is 5.32 Å². The molecule has 1 aromatic rings. The Bertz CT molecular complexity index is 519. The van der Waals surface area contributed by atoms with Crippen LogP contribution in [0.25, 0.3) is 0 Å². The van der Waals surface area contributed by atoms with E-state index in [1.807, 2.05) is 19.1 Å². The van der Waals surface area contributed by atoms with Crippen LogP contribution in [0.15, 0.2) is 16.7 Å². The van der Waals surface area contributed by atoms with E-state index in [1.54, 1.807) is 0 Å². The normalized spacial score (nSPS) is 33.1. The minimum Gasteiger partial charge on any atom is -0.309 e. The summed E-state index contributed by atoms with van der Waals surface area (Å²) in [6.07, 6.45) is 2.13. The highest BCUT2D eigenvalue weighted by Crippen LogP contribution is 2.53. The van der Waals surface area contributed by atoms with Gasteiger partial charge in [-0.25, -0.2) is 4.98 Å². The zero-order valence-corrected chi connectivity index (χ0v) is 12.0. The minimum atomic E-state index is -0.0751. The second-order valence-corrected chi connectivity index (χ2v) is 6.44. The molecule has 2 fully saturated rings. The molecule has 2 heterocycles. The van der Waals surface area contributed by atoms with Gasteiger partial charge in [-0.3, -0.25) is 4.79 Å². The number of hydrogen-bond acceptors (Lipinski definition) is 3. The number of fused-ring (bicyclic) bond motifs is 1. The van der Waals surface area contributed by atoms with E-state index >= 15 is 0 Å². The number of carbonyl (C=O) groups excluding carboxylic acids is 1. The lowest BCUT2D eigenvalue weighted by atomic mass is 10.0. The molecule has 1 saturated carbocycles. The van der Waals surface area contributed by atoms with Crippen molar-refractivity contribution < 1.29 is 4.79 Å². The summed E-state index contributed by atoms with van der Waals surface area (Å²) in [6, 6.07) is 4.27. The number of rotatable bonds is 2. The first-order valence-electron chi connectivity index (χ1n) is 6.18. The van der Waals surface area contributed by atoms with Crippen LogP contribution in [-0.4, -0.2) is 23.0 Å². The van der Waals surface area contributed by atoms with Gasteiger partial charge in [0, 0.05) is 6.04 Å². The Morgan fingerprint density at radius 2 is 2.33 bits per heavy atom. The fourth-order valence-corrected chi connectivity index (χ4v) is 2.97. The molecule has 0 spiro atoms. The van der Waals surface area contributed by atoms with Crippen molar-refractivity contribution in [3.05, 3.63) is 22.3 Å². The van der Waals surface area contributed by atoms with Gasteiger partial charge in [0.1, 0.15) is 10.4 Å². The van der Waals surface area contributed by atoms with Gasteiger partial charge >= 0.3 is 0 Å². The summed E-state index contributed by atoms with van der Waals surface area (Å²) in [5.74, 6) is 0.666. The number of carbonyl (C=O) groups is 1. The maximum atomic E-state index is 12.2. The van der Waals surface area contributed by atoms with Crippen LogP contribution >= 0.6 is 15.9 Å². The number of piperidine rings is 1. The molecule has 18 heavy (non-hydrogen) atoms. The van der Waals surface area contributed by atoms with Crippen LogP contribution in [0, 0.1) is 12.3 Å². The number of amides is 1. The fourth-order valence-electron chi connectivity index (χ4n) is 2.66. The number of aromatic nitrogens is 1. The SMILES string of the molecule is Cc1ccc(Br)nc1NC(=O)[C@@H]1C[C@@]2(C)CC2N1. The summed E-state index contributed by atoms with van der Waals surface area (Å²) in [5.41, 5.74) is 1.32. The average Bonchev–Trinajstić information content (AvgIpc) is 2.82. The molecule has 4 nitrogen and oxygen atoms in total. The Balaban J connectivity index is 1.69. The Labute approximate surface area is 115 Å². The van der Waals surface area contributed by atoms with Crippen LogP contribution in [0.3, 0.4) is 0 Å². The van der Waals surface area contributed by atoms with Crippen molar-refractivity contribution in [2.45, 2.75) is 38.8 Å². The lowest BCUT2D eigenvalue weighted by molar-refractivity contribution is -0.118. The molecule has 1 aromatic heterocycles. The van der Waals surface area contributed by atoms with Crippen LogP contribution in [0.1, 0.15) is 25.3 Å². The van der Waals surface area contributed by atoms with Crippen LogP contribution in [0.2, 0.25) is 0 Å². The van der Waals surface area contributed by atoms with Gasteiger partial charge in [0.2, 0.25) is 5.91 Å². The van der Waals surface area contributed by atoms with Gasteiger partial charge < -0.3 is 10.6 Å². The van der Waals surface area contributed by atoms with E-state index in [1.165, 1.54) is 6.42 Å². The molecule has 2 N–H and O–H groups in total. The van der Waals surface area contributed by atoms with E-state index in [0.717, 1.165) is 16.6 Å². The summed E-state index contributed by atoms with van der Waals surface area (Å²) in [7, 11) is 0. The zero-order valence-electron chi connectivity index (χ0n) is 10.5. The van der Waals surface area contributed by atoms with Crippen LogP contribution < -0.4 is 10.6 Å². The topological polar surface area (TPSA) is 54.0 Å². The lowest BCUT2D eigenvalue weighted by Gasteiger charge is -2.15. The number of pyridine rings is 1. The highest BCUT2D eigenvalue weighted by atomic mass is 79.9. The van der Waals surface area contributed by atoms with E-state index < -0.39 is 0 Å². The smallest absolute Gasteiger partial charge is 0.242 e. The molecule has 1 aliphatic heterocycles. The van der Waals surface area contributed by atoms with Crippen LogP contribution in [-0.2, 0) is 4.79 Å². The molecule has 3 rings (SSSR count). The highest BCUT2D eigenvalue weighted by molar-refractivity contribution is 9.10. The Morgan fingerprint density at radius 3 is 3.00 bits per heavy atom. The second kappa shape index (κ2) is 4.03. The van der Waals surface area contributed by atoms with Crippen LogP contribution in [0.5, 0.6) is 0 Å². The average molecular weight is 310 g/mol. The Hall–Kier alpha value is -0.940. The Morgan fingerprint density at radius 1 is 1.56 bits per heavy atom. The Kier molecular flexibility index (Phi) is 2.71. The summed E-state index contributed by atoms with van der Waals surface area (Å²) in [4.78, 5) is 16.4. The highest BCUT2D eigenvalue weighted by Gasteiger charge is 2.58. The molecule has 2 aliphatic rings. The first kappa shape index (κ1) is 12.1. The van der Waals surface area contributed by atoms with Crippen molar-refractivity contribution in [3.63, 3.8) is 0 Å². The predicted octanol–water partition coefficient (Wildman–Crippen LogP) is 2.23. The molecular weight excluding hydrogens is 294 g/mol. The first-order valence-corrected chi connectivity index (χ1v) is 6.97. The molecule has 1 aliphatic carbocycles. The maximum Gasteiger partial charge on any atom is 0.242 e. The molecule has 1 amide bonds. The van der Waals surface area contributed by atoms with Gasteiger partial charge in [-0.2, -0.15) is 0 Å². The first-order chi connectivity index (χ1) is 8.48. The summed E-state index contributed by atoms with van der Waals surface area (Å²) < 4.78 is 0.734. The van der Waals surface area contributed by atoms with E-state index in [4.69, 9.17) is 0 Å². The molecule has 5 heteroatoms. The number of nitrogens with one attached hydrogen (secondary N) is 2. The maximum absolute atomic E-state index is 12.2. The van der Waals surface area contributed by atoms with Gasteiger partial charge in [0.05, 0.1) is 6.04 Å². The summed E-state index contributed by atoms with van der Waals surface area (Å²) in [6.45, 7) is 4.18. The standard InChI is InChI=1S/C13H16BrN3O/c1-7-3-4-10(14)16-11(7)17-12(18)8-5-13(2)6-9(13)15-8/h3-4,8-9,15H,5-6H2,1-2H3,(H,16,17,18)/t8-,9?,13-/m0/s1. The number of anilines is 1. The number of nitrogens with zero attached hydrogens (tertiary/aromatic N) is 1. The molecule has 3 atom stereocenters. The van der Waals surface area contributed by atoms with Gasteiger partial charge in [0.15, 0.2) is 0 Å². The van der Waals surface area contributed by atoms with Crippen molar-refractivity contribution in [3.8, 4) is 0 Å². The van der Waals surface area contributed by atoms with Crippen molar-refractivity contribution in [1.29, 1.82) is 0 Å². The second-order valence-electron chi connectivity index (χ2n) is 5.62. The molecule has 0 bridgehead atoms. The third kappa shape index (κ3) is 2.06. The van der Waals surface area contributed by atoms with Crippen molar-refractivity contribution in [1.82, 2.24) is 10.3 Å². The fraction of sp³-hybridized carbons (Fsp3) is 0.538. The number of halogens is 1. The molecule has 96 valence electrons. The molecular formula is C13H16BrN3O. The molecule has 1 unspecified atom stereocenters. The summed E-state index contributed by atoms with van der Waals surface area (Å²) >= 11 is 3.32. The number of aryl methyl sites for hydroxylation is 1. The quantitative estimate of drug-likeness (QED) is 0.824. The van der Waals surface area contributed by atoms with Gasteiger partial charge in [-0.1, -0.05) is 13.0 Å². The van der Waals surface area contributed by atoms with Crippen LogP contribution in [0.4, 0.5) is 5.82 Å². The van der Waals surface area contributed by atoms with Gasteiger partial charge in [-0.05, 0) is 52.7 Å². The van der Waals surface area contributed by atoms with Crippen molar-refractivity contribution >= 4 is 27.7 Å². The molecule has 0 radical (unpaired) electrons. The number of hydrogen-bond donors (Lipinski definition) is 2. The monoisotopic (exact) mass is 309 g/mol. The van der Waals surface area contributed by atoms with Gasteiger partial charge in [-0.15, -0.1) is 0 Å². The zero-order chi connectivity index (χ0) is 12.9. The van der Waals surface area contributed by atoms with E-state index in [0.29, 0.717) is 17.3 Å². The lowest BCUT2D eigenvalue weighted by Crippen LogP contribution is -2.38. The van der Waals surface area contributed by atoms with E-state index in [2.05, 4.69) is 38.5 Å². The predicted molar refractivity (Wildman–Crippen MR) is 73.4 cm³/mol. The summed E-state index contributed by atoms with van der Waals surface area (Å²) in [5, 5.41) is 6.28. The largest absolute Gasteiger partial charge is 0.309 e. The third-order valence-electron chi connectivity index (χ3n) is 4.05. The molecule has 1 saturated heterocycles. The third-order valence-corrected chi connectivity index (χ3v) is 4.49. The molecule has 0 aromatic carbocycles. The van der Waals surface area contributed by atoms with E-state index in [9.17, 15) is 4.79 Å². The minimum absolute atomic E-state index is 0.0251. The van der Waals surface area contributed by atoms with Gasteiger partial charge in [0.25, 0.3) is 0 Å².